The second-order valence-electron chi connectivity index (χ2n) is 4.02. The lowest BCUT2D eigenvalue weighted by Crippen LogP contribution is -2.49. The Morgan fingerprint density at radius 2 is 1.76 bits per heavy atom. The van der Waals surface area contributed by atoms with Crippen molar-refractivity contribution in [1.82, 2.24) is 9.97 Å². The van der Waals surface area contributed by atoms with E-state index in [2.05, 4.69) is 15.3 Å². The van der Waals surface area contributed by atoms with Crippen molar-refractivity contribution in [3.63, 3.8) is 0 Å². The summed E-state index contributed by atoms with van der Waals surface area (Å²) in [5.74, 6) is 1.10. The third-order valence-electron chi connectivity index (χ3n) is 2.55. The van der Waals surface area contributed by atoms with Gasteiger partial charge in [0.15, 0.2) is 0 Å². The molecule has 6 nitrogen and oxygen atoms in total. The standard InChI is InChI=1S/C11H19N3O3/c1-3-9-4-10(13-8(2)12-9)14-11(5-15,6-16)7-17/h4,15-17H,3,5-7H2,1-2H3,(H,12,13,14). The average molecular weight is 241 g/mol. The monoisotopic (exact) mass is 241 g/mol. The molecule has 0 aromatic carbocycles. The Bertz CT molecular complexity index is 359. The van der Waals surface area contributed by atoms with Crippen molar-refractivity contribution >= 4 is 5.82 Å². The Kier molecular flexibility index (Phi) is 4.80. The van der Waals surface area contributed by atoms with Gasteiger partial charge in [0.1, 0.15) is 17.2 Å². The quantitative estimate of drug-likeness (QED) is 0.535. The van der Waals surface area contributed by atoms with Crippen LogP contribution in [0.1, 0.15) is 18.4 Å². The number of aryl methyl sites for hydroxylation is 2. The van der Waals surface area contributed by atoms with Crippen molar-refractivity contribution in [1.29, 1.82) is 0 Å². The molecule has 0 amide bonds. The number of aliphatic hydroxyl groups excluding tert-OH is 3. The summed E-state index contributed by atoms with van der Waals surface area (Å²) in [6.07, 6.45) is 0.766. The van der Waals surface area contributed by atoms with Crippen molar-refractivity contribution in [2.24, 2.45) is 0 Å². The van der Waals surface area contributed by atoms with Gasteiger partial charge in [-0.05, 0) is 13.3 Å². The minimum Gasteiger partial charge on any atom is -0.394 e. The molecule has 96 valence electrons. The Hall–Kier alpha value is -1.24. The molecule has 1 rings (SSSR count). The Labute approximate surface area is 100 Å². The first kappa shape index (κ1) is 13.8. The van der Waals surface area contributed by atoms with Crippen LogP contribution < -0.4 is 5.32 Å². The summed E-state index contributed by atoms with van der Waals surface area (Å²) in [5, 5.41) is 30.5. The lowest BCUT2D eigenvalue weighted by atomic mass is 10.0. The number of anilines is 1. The Morgan fingerprint density at radius 1 is 1.18 bits per heavy atom. The molecule has 17 heavy (non-hydrogen) atoms. The van der Waals surface area contributed by atoms with Crippen LogP contribution in [-0.4, -0.2) is 50.6 Å². The molecule has 6 heteroatoms. The van der Waals surface area contributed by atoms with Gasteiger partial charge in [-0.2, -0.15) is 0 Å². The predicted octanol–water partition coefficient (Wildman–Crippen LogP) is -0.525. The first-order valence-corrected chi connectivity index (χ1v) is 5.54. The van der Waals surface area contributed by atoms with Crippen LogP contribution in [0.15, 0.2) is 6.07 Å². The maximum Gasteiger partial charge on any atom is 0.130 e. The number of hydrogen-bond donors (Lipinski definition) is 4. The summed E-state index contributed by atoms with van der Waals surface area (Å²) in [6.45, 7) is 2.59. The highest BCUT2D eigenvalue weighted by Gasteiger charge is 2.28. The van der Waals surface area contributed by atoms with Crippen LogP contribution in [0.5, 0.6) is 0 Å². The SMILES string of the molecule is CCc1cc(NC(CO)(CO)CO)nc(C)n1. The number of hydrogen-bond acceptors (Lipinski definition) is 6. The summed E-state index contributed by atoms with van der Waals surface area (Å²) in [7, 11) is 0. The van der Waals surface area contributed by atoms with Crippen LogP contribution in [0.25, 0.3) is 0 Å². The zero-order valence-electron chi connectivity index (χ0n) is 10.1. The number of nitrogens with zero attached hydrogens (tertiary/aromatic N) is 2. The molecule has 0 saturated heterocycles. The minimum absolute atomic E-state index is 0.384. The van der Waals surface area contributed by atoms with Gasteiger partial charge in [-0.15, -0.1) is 0 Å². The maximum absolute atomic E-state index is 9.21. The van der Waals surface area contributed by atoms with E-state index in [1.54, 1.807) is 13.0 Å². The zero-order valence-corrected chi connectivity index (χ0v) is 10.1. The van der Waals surface area contributed by atoms with Gasteiger partial charge in [-0.3, -0.25) is 0 Å². The van der Waals surface area contributed by atoms with Crippen LogP contribution in [0, 0.1) is 6.92 Å². The fourth-order valence-corrected chi connectivity index (χ4v) is 1.41. The smallest absolute Gasteiger partial charge is 0.130 e. The number of aromatic nitrogens is 2. The highest BCUT2D eigenvalue weighted by Crippen LogP contribution is 2.14. The molecule has 1 aromatic rings. The molecule has 0 unspecified atom stereocenters. The molecule has 0 aliphatic rings. The molecule has 1 heterocycles. The topological polar surface area (TPSA) is 98.5 Å². The Balaban J connectivity index is 2.96. The Morgan fingerprint density at radius 3 is 2.24 bits per heavy atom. The van der Waals surface area contributed by atoms with Gasteiger partial charge in [0, 0.05) is 11.8 Å². The summed E-state index contributed by atoms with van der Waals surface area (Å²) in [4.78, 5) is 8.38. The normalized spacial score (nSPS) is 11.6. The lowest BCUT2D eigenvalue weighted by Gasteiger charge is -2.29. The van der Waals surface area contributed by atoms with Gasteiger partial charge in [0.2, 0.25) is 0 Å². The lowest BCUT2D eigenvalue weighted by molar-refractivity contribution is 0.0831. The van der Waals surface area contributed by atoms with Crippen LogP contribution in [0.2, 0.25) is 0 Å². The largest absolute Gasteiger partial charge is 0.394 e. The first-order valence-electron chi connectivity index (χ1n) is 5.54. The van der Waals surface area contributed by atoms with E-state index >= 15 is 0 Å². The summed E-state index contributed by atoms with van der Waals surface area (Å²) < 4.78 is 0. The molecule has 4 N–H and O–H groups in total. The minimum atomic E-state index is -1.16. The second-order valence-corrected chi connectivity index (χ2v) is 4.02. The van der Waals surface area contributed by atoms with Gasteiger partial charge in [-0.1, -0.05) is 6.92 Å². The van der Waals surface area contributed by atoms with E-state index in [1.165, 1.54) is 0 Å². The summed E-state index contributed by atoms with van der Waals surface area (Å²) >= 11 is 0. The molecule has 0 radical (unpaired) electrons. The first-order chi connectivity index (χ1) is 8.09. The molecule has 0 atom stereocenters. The molecule has 0 fully saturated rings. The van der Waals surface area contributed by atoms with Crippen LogP contribution in [0.3, 0.4) is 0 Å². The second kappa shape index (κ2) is 5.90. The van der Waals surface area contributed by atoms with E-state index in [4.69, 9.17) is 0 Å². The fourth-order valence-electron chi connectivity index (χ4n) is 1.41. The van der Waals surface area contributed by atoms with Gasteiger partial charge in [0.05, 0.1) is 19.8 Å². The highest BCUT2D eigenvalue weighted by atomic mass is 16.3. The van der Waals surface area contributed by atoms with E-state index in [0.717, 1.165) is 12.1 Å². The van der Waals surface area contributed by atoms with Crippen molar-refractivity contribution in [3.05, 3.63) is 17.6 Å². The van der Waals surface area contributed by atoms with E-state index in [-0.39, 0.29) is 19.8 Å². The van der Waals surface area contributed by atoms with Gasteiger partial charge >= 0.3 is 0 Å². The fraction of sp³-hybridized carbons (Fsp3) is 0.636. The number of aliphatic hydroxyl groups is 3. The zero-order chi connectivity index (χ0) is 12.9. The van der Waals surface area contributed by atoms with Crippen molar-refractivity contribution in [2.75, 3.05) is 25.1 Å². The van der Waals surface area contributed by atoms with Crippen molar-refractivity contribution < 1.29 is 15.3 Å². The molecule has 0 saturated carbocycles. The van der Waals surface area contributed by atoms with E-state index in [1.807, 2.05) is 6.92 Å². The summed E-state index contributed by atoms with van der Waals surface area (Å²) in [5.41, 5.74) is -0.297. The third kappa shape index (κ3) is 3.36. The average Bonchev–Trinajstić information content (AvgIpc) is 2.35. The predicted molar refractivity (Wildman–Crippen MR) is 63.8 cm³/mol. The van der Waals surface area contributed by atoms with E-state index < -0.39 is 5.54 Å². The third-order valence-corrected chi connectivity index (χ3v) is 2.55. The van der Waals surface area contributed by atoms with Gasteiger partial charge in [0.25, 0.3) is 0 Å². The van der Waals surface area contributed by atoms with Gasteiger partial charge < -0.3 is 20.6 Å². The van der Waals surface area contributed by atoms with Crippen LogP contribution in [0.4, 0.5) is 5.82 Å². The van der Waals surface area contributed by atoms with Crippen molar-refractivity contribution in [3.8, 4) is 0 Å². The van der Waals surface area contributed by atoms with E-state index in [9.17, 15) is 15.3 Å². The van der Waals surface area contributed by atoms with Gasteiger partial charge in [-0.25, -0.2) is 9.97 Å². The summed E-state index contributed by atoms with van der Waals surface area (Å²) in [6, 6.07) is 1.74. The van der Waals surface area contributed by atoms with Crippen molar-refractivity contribution in [2.45, 2.75) is 25.8 Å². The molecule has 0 aliphatic carbocycles. The molecular formula is C11H19N3O3. The van der Waals surface area contributed by atoms with Crippen LogP contribution >= 0.6 is 0 Å². The molecular weight excluding hydrogens is 222 g/mol. The number of nitrogens with one attached hydrogen (secondary N) is 1. The van der Waals surface area contributed by atoms with E-state index in [0.29, 0.717) is 11.6 Å². The number of rotatable bonds is 6. The molecule has 0 aliphatic heterocycles. The van der Waals surface area contributed by atoms with Crippen LogP contribution in [-0.2, 0) is 6.42 Å². The highest BCUT2D eigenvalue weighted by molar-refractivity contribution is 5.39. The maximum atomic E-state index is 9.21. The molecule has 1 aromatic heterocycles. The molecule has 0 spiro atoms. The molecule has 0 bridgehead atoms.